The summed E-state index contributed by atoms with van der Waals surface area (Å²) in [6.45, 7) is 0.488. The smallest absolute Gasteiger partial charge is 0.232 e. The summed E-state index contributed by atoms with van der Waals surface area (Å²) >= 11 is 0. The minimum Gasteiger partial charge on any atom is -0.497 e. The van der Waals surface area contributed by atoms with Gasteiger partial charge in [0.25, 0.3) is 0 Å². The molecule has 25 heavy (non-hydrogen) atoms. The monoisotopic (exact) mass is 342 g/mol. The largest absolute Gasteiger partial charge is 0.497 e. The molecule has 134 valence electrons. The minimum absolute atomic E-state index is 0.0786. The quantitative estimate of drug-likeness (QED) is 0.914. The van der Waals surface area contributed by atoms with Crippen molar-refractivity contribution in [1.82, 2.24) is 10.2 Å². The molecule has 4 rings (SSSR count). The van der Waals surface area contributed by atoms with E-state index in [1.54, 1.807) is 7.11 Å². The Labute approximate surface area is 148 Å². The average Bonchev–Trinajstić information content (AvgIpc) is 3.34. The van der Waals surface area contributed by atoms with Gasteiger partial charge < -0.3 is 15.0 Å². The number of nitrogens with zero attached hydrogens (tertiary/aromatic N) is 1. The molecular weight excluding hydrogens is 316 g/mol. The van der Waals surface area contributed by atoms with Crippen LogP contribution in [-0.2, 0) is 15.0 Å². The first-order chi connectivity index (χ1) is 12.1. The second-order valence-corrected chi connectivity index (χ2v) is 7.69. The maximum absolute atomic E-state index is 13.4. The van der Waals surface area contributed by atoms with Gasteiger partial charge in [0.1, 0.15) is 5.75 Å². The van der Waals surface area contributed by atoms with Crippen LogP contribution in [0.2, 0.25) is 0 Å². The zero-order valence-corrected chi connectivity index (χ0v) is 14.8. The molecule has 2 amide bonds. The van der Waals surface area contributed by atoms with Crippen molar-refractivity contribution in [3.8, 4) is 5.75 Å². The molecule has 1 saturated carbocycles. The fourth-order valence-corrected chi connectivity index (χ4v) is 4.80. The van der Waals surface area contributed by atoms with Crippen LogP contribution in [-0.4, -0.2) is 42.5 Å². The summed E-state index contributed by atoms with van der Waals surface area (Å²) in [6, 6.07) is 8.26. The maximum Gasteiger partial charge on any atom is 0.232 e. The van der Waals surface area contributed by atoms with Gasteiger partial charge in [0.2, 0.25) is 11.8 Å². The molecule has 2 atom stereocenters. The average molecular weight is 342 g/mol. The highest BCUT2D eigenvalue weighted by Crippen LogP contribution is 2.44. The van der Waals surface area contributed by atoms with Gasteiger partial charge in [-0.1, -0.05) is 25.0 Å². The highest BCUT2D eigenvalue weighted by molar-refractivity contribution is 5.91. The zero-order chi connectivity index (χ0) is 17.4. The first-order valence-corrected chi connectivity index (χ1v) is 9.37. The van der Waals surface area contributed by atoms with Crippen LogP contribution in [0.25, 0.3) is 0 Å². The van der Waals surface area contributed by atoms with Gasteiger partial charge in [0, 0.05) is 25.0 Å². The van der Waals surface area contributed by atoms with Gasteiger partial charge in [-0.05, 0) is 43.4 Å². The predicted octanol–water partition coefficient (Wildman–Crippen LogP) is 2.39. The van der Waals surface area contributed by atoms with Crippen molar-refractivity contribution in [2.75, 3.05) is 13.7 Å². The molecule has 3 aliphatic rings. The summed E-state index contributed by atoms with van der Waals surface area (Å²) in [6.07, 6.45) is 6.68. The molecule has 3 fully saturated rings. The molecule has 1 aliphatic carbocycles. The molecule has 2 heterocycles. The number of rotatable bonds is 4. The van der Waals surface area contributed by atoms with Gasteiger partial charge in [-0.25, -0.2) is 0 Å². The third-order valence-electron chi connectivity index (χ3n) is 6.22. The van der Waals surface area contributed by atoms with Crippen molar-refractivity contribution in [1.29, 1.82) is 0 Å². The minimum atomic E-state index is -0.655. The molecule has 1 aromatic rings. The first-order valence-electron chi connectivity index (χ1n) is 9.37. The number of ether oxygens (including phenoxy) is 1. The van der Waals surface area contributed by atoms with E-state index in [1.807, 2.05) is 29.2 Å². The Balaban J connectivity index is 1.68. The van der Waals surface area contributed by atoms with E-state index in [0.717, 1.165) is 30.6 Å². The Morgan fingerprint density at radius 3 is 2.80 bits per heavy atom. The highest BCUT2D eigenvalue weighted by atomic mass is 16.5. The fourth-order valence-electron chi connectivity index (χ4n) is 4.80. The summed E-state index contributed by atoms with van der Waals surface area (Å²) in [5.41, 5.74) is 0.308. The van der Waals surface area contributed by atoms with Gasteiger partial charge in [-0.3, -0.25) is 9.59 Å². The molecular formula is C20H26N2O3. The van der Waals surface area contributed by atoms with Crippen LogP contribution in [0.3, 0.4) is 0 Å². The van der Waals surface area contributed by atoms with Gasteiger partial charge in [0.15, 0.2) is 0 Å². The molecule has 0 spiro atoms. The van der Waals surface area contributed by atoms with Crippen LogP contribution in [0.15, 0.2) is 24.3 Å². The molecule has 1 aromatic carbocycles. The lowest BCUT2D eigenvalue weighted by atomic mass is 9.76. The number of nitrogens with one attached hydrogen (secondary N) is 1. The van der Waals surface area contributed by atoms with E-state index in [2.05, 4.69) is 5.32 Å². The van der Waals surface area contributed by atoms with E-state index in [-0.39, 0.29) is 23.9 Å². The number of amides is 2. The number of hydrogen-bond donors (Lipinski definition) is 1. The summed E-state index contributed by atoms with van der Waals surface area (Å²) in [5.74, 6) is 1.02. The third kappa shape index (κ3) is 2.79. The van der Waals surface area contributed by atoms with Gasteiger partial charge >= 0.3 is 0 Å². The van der Waals surface area contributed by atoms with Crippen LogP contribution in [0, 0.1) is 0 Å². The van der Waals surface area contributed by atoms with E-state index in [0.29, 0.717) is 19.4 Å². The fraction of sp³-hybridized carbons (Fsp3) is 0.600. The predicted molar refractivity (Wildman–Crippen MR) is 94.4 cm³/mol. The van der Waals surface area contributed by atoms with Crippen molar-refractivity contribution >= 4 is 11.8 Å². The van der Waals surface area contributed by atoms with Crippen molar-refractivity contribution in [3.63, 3.8) is 0 Å². The molecule has 1 N–H and O–H groups in total. The molecule has 0 aromatic heterocycles. The number of hydrogen-bond acceptors (Lipinski definition) is 3. The Morgan fingerprint density at radius 2 is 2.08 bits per heavy atom. The number of methoxy groups -OCH3 is 1. The maximum atomic E-state index is 13.4. The highest BCUT2D eigenvalue weighted by Gasteiger charge is 2.54. The molecule has 5 heteroatoms. The van der Waals surface area contributed by atoms with Crippen LogP contribution in [0.4, 0.5) is 0 Å². The normalized spacial score (nSPS) is 29.1. The third-order valence-corrected chi connectivity index (χ3v) is 6.22. The van der Waals surface area contributed by atoms with E-state index in [4.69, 9.17) is 4.74 Å². The summed E-state index contributed by atoms with van der Waals surface area (Å²) in [5, 5.41) is 3.28. The van der Waals surface area contributed by atoms with Crippen LogP contribution < -0.4 is 10.1 Å². The SMILES string of the molecule is COc1cccc(C2(C(=O)NC3CCCC3)CC3CCC(=O)N3C2)c1. The Morgan fingerprint density at radius 1 is 1.28 bits per heavy atom. The van der Waals surface area contributed by atoms with Gasteiger partial charge in [-0.15, -0.1) is 0 Å². The van der Waals surface area contributed by atoms with Gasteiger partial charge in [-0.2, -0.15) is 0 Å². The van der Waals surface area contributed by atoms with E-state index >= 15 is 0 Å². The number of benzene rings is 1. The summed E-state index contributed by atoms with van der Waals surface area (Å²) in [7, 11) is 1.64. The van der Waals surface area contributed by atoms with E-state index in [1.165, 1.54) is 12.8 Å². The second kappa shape index (κ2) is 6.36. The van der Waals surface area contributed by atoms with Crippen molar-refractivity contribution in [2.45, 2.75) is 62.4 Å². The zero-order valence-electron chi connectivity index (χ0n) is 14.8. The summed E-state index contributed by atoms with van der Waals surface area (Å²) in [4.78, 5) is 27.5. The molecule has 2 unspecified atom stereocenters. The van der Waals surface area contributed by atoms with Crippen LogP contribution in [0.1, 0.15) is 50.5 Å². The topological polar surface area (TPSA) is 58.6 Å². The second-order valence-electron chi connectivity index (χ2n) is 7.69. The lowest BCUT2D eigenvalue weighted by Crippen LogP contribution is -2.49. The lowest BCUT2D eigenvalue weighted by molar-refractivity contribution is -0.129. The van der Waals surface area contributed by atoms with Gasteiger partial charge in [0.05, 0.1) is 12.5 Å². The van der Waals surface area contributed by atoms with E-state index in [9.17, 15) is 9.59 Å². The molecule has 2 saturated heterocycles. The molecule has 0 radical (unpaired) electrons. The Hall–Kier alpha value is -2.04. The standard InChI is InChI=1S/C20H26N2O3/c1-25-17-8-4-5-14(11-17)20(19(24)21-15-6-2-3-7-15)12-16-9-10-18(23)22(16)13-20/h4-5,8,11,15-16H,2-3,6-7,9-10,12-13H2,1H3,(H,21,24). The number of carbonyl (C=O) groups excluding carboxylic acids is 2. The van der Waals surface area contributed by atoms with Crippen molar-refractivity contribution < 1.29 is 14.3 Å². The Bertz CT molecular complexity index is 683. The lowest BCUT2D eigenvalue weighted by Gasteiger charge is -2.30. The first kappa shape index (κ1) is 16.4. The summed E-state index contributed by atoms with van der Waals surface area (Å²) < 4.78 is 5.38. The van der Waals surface area contributed by atoms with E-state index < -0.39 is 5.41 Å². The number of carbonyl (C=O) groups is 2. The van der Waals surface area contributed by atoms with Crippen molar-refractivity contribution in [3.05, 3.63) is 29.8 Å². The van der Waals surface area contributed by atoms with Crippen LogP contribution in [0.5, 0.6) is 5.75 Å². The molecule has 2 aliphatic heterocycles. The molecule has 5 nitrogen and oxygen atoms in total. The molecule has 0 bridgehead atoms. The van der Waals surface area contributed by atoms with Crippen LogP contribution >= 0.6 is 0 Å². The Kier molecular flexibility index (Phi) is 4.18. The number of fused-ring (bicyclic) bond motifs is 1. The van der Waals surface area contributed by atoms with Crippen molar-refractivity contribution in [2.24, 2.45) is 0 Å².